The summed E-state index contributed by atoms with van der Waals surface area (Å²) in [6.07, 6.45) is 1.49. The van der Waals surface area contributed by atoms with Gasteiger partial charge in [0.25, 0.3) is 0 Å². The standard InChI is InChI=1S/C21H21ClN2O2S/c1-15-6-8-17(9-7-15)27(25,26)24-12-10-16(11-13-24)21-14-19(22)18-4-2-3-5-20(18)23-21/h2-9,14,16H,10-13H2,1H3. The zero-order valence-electron chi connectivity index (χ0n) is 15.1. The molecule has 0 bridgehead atoms. The number of halogens is 1. The van der Waals surface area contributed by atoms with Crippen LogP contribution >= 0.6 is 11.6 Å². The molecule has 0 spiro atoms. The summed E-state index contributed by atoms with van der Waals surface area (Å²) >= 11 is 6.43. The van der Waals surface area contributed by atoms with Crippen molar-refractivity contribution in [1.29, 1.82) is 0 Å². The molecule has 4 rings (SSSR count). The molecule has 0 unspecified atom stereocenters. The van der Waals surface area contributed by atoms with Crippen LogP contribution in [0.1, 0.15) is 30.0 Å². The predicted molar refractivity (Wildman–Crippen MR) is 109 cm³/mol. The number of aryl methyl sites for hydroxylation is 1. The van der Waals surface area contributed by atoms with E-state index in [1.54, 1.807) is 16.4 Å². The van der Waals surface area contributed by atoms with Crippen LogP contribution in [0.4, 0.5) is 0 Å². The fourth-order valence-corrected chi connectivity index (χ4v) is 5.35. The number of rotatable bonds is 3. The van der Waals surface area contributed by atoms with E-state index in [0.29, 0.717) is 23.0 Å². The summed E-state index contributed by atoms with van der Waals surface area (Å²) in [6.45, 7) is 2.93. The van der Waals surface area contributed by atoms with Crippen LogP contribution in [0.3, 0.4) is 0 Å². The summed E-state index contributed by atoms with van der Waals surface area (Å²) < 4.78 is 27.3. The molecule has 3 aromatic rings. The first-order valence-corrected chi connectivity index (χ1v) is 10.9. The Hall–Kier alpha value is -1.95. The molecule has 0 amide bonds. The zero-order chi connectivity index (χ0) is 19.0. The topological polar surface area (TPSA) is 50.3 Å². The third-order valence-electron chi connectivity index (χ3n) is 5.22. The van der Waals surface area contributed by atoms with E-state index in [-0.39, 0.29) is 5.92 Å². The van der Waals surface area contributed by atoms with E-state index < -0.39 is 10.0 Å². The fourth-order valence-electron chi connectivity index (χ4n) is 3.61. The number of benzene rings is 2. The number of pyridine rings is 1. The van der Waals surface area contributed by atoms with E-state index in [1.807, 2.05) is 49.4 Å². The van der Waals surface area contributed by atoms with Crippen LogP contribution in [0, 0.1) is 6.92 Å². The van der Waals surface area contributed by atoms with Gasteiger partial charge < -0.3 is 0 Å². The summed E-state index contributed by atoms with van der Waals surface area (Å²) in [4.78, 5) is 5.12. The lowest BCUT2D eigenvalue weighted by molar-refractivity contribution is 0.317. The van der Waals surface area contributed by atoms with Crippen molar-refractivity contribution in [2.24, 2.45) is 0 Å². The maximum absolute atomic E-state index is 12.9. The van der Waals surface area contributed by atoms with Crippen LogP contribution < -0.4 is 0 Å². The van der Waals surface area contributed by atoms with Crippen LogP contribution in [-0.2, 0) is 10.0 Å². The summed E-state index contributed by atoms with van der Waals surface area (Å²) in [6, 6.07) is 16.8. The van der Waals surface area contributed by atoms with Crippen LogP contribution in [-0.4, -0.2) is 30.8 Å². The minimum Gasteiger partial charge on any atom is -0.252 e. The van der Waals surface area contributed by atoms with E-state index in [0.717, 1.165) is 35.0 Å². The van der Waals surface area contributed by atoms with Crippen molar-refractivity contribution in [3.8, 4) is 0 Å². The lowest BCUT2D eigenvalue weighted by Crippen LogP contribution is -2.38. The van der Waals surface area contributed by atoms with Gasteiger partial charge in [0, 0.05) is 30.1 Å². The molecule has 1 aliphatic heterocycles. The van der Waals surface area contributed by atoms with Gasteiger partial charge in [-0.3, -0.25) is 4.98 Å². The van der Waals surface area contributed by atoms with Gasteiger partial charge >= 0.3 is 0 Å². The Bertz CT molecular complexity index is 1070. The van der Waals surface area contributed by atoms with Crippen molar-refractivity contribution < 1.29 is 8.42 Å². The highest BCUT2D eigenvalue weighted by molar-refractivity contribution is 7.89. The molecule has 0 saturated carbocycles. The Labute approximate surface area is 164 Å². The summed E-state index contributed by atoms with van der Waals surface area (Å²) in [7, 11) is -3.44. The smallest absolute Gasteiger partial charge is 0.243 e. The number of hydrogen-bond donors (Lipinski definition) is 0. The molecule has 4 nitrogen and oxygen atoms in total. The van der Waals surface area contributed by atoms with Crippen molar-refractivity contribution in [3.05, 3.63) is 70.9 Å². The minimum atomic E-state index is -3.44. The number of nitrogens with zero attached hydrogens (tertiary/aromatic N) is 2. The first-order chi connectivity index (χ1) is 12.9. The first-order valence-electron chi connectivity index (χ1n) is 9.07. The van der Waals surface area contributed by atoms with Crippen LogP contribution in [0.15, 0.2) is 59.5 Å². The van der Waals surface area contributed by atoms with Crippen molar-refractivity contribution in [2.75, 3.05) is 13.1 Å². The van der Waals surface area contributed by atoms with E-state index in [4.69, 9.17) is 16.6 Å². The molecule has 2 aromatic carbocycles. The molecule has 1 aromatic heterocycles. The van der Waals surface area contributed by atoms with Gasteiger partial charge in [-0.15, -0.1) is 0 Å². The molecular weight excluding hydrogens is 380 g/mol. The van der Waals surface area contributed by atoms with Crippen LogP contribution in [0.2, 0.25) is 5.02 Å². The number of aromatic nitrogens is 1. The molecular formula is C21H21ClN2O2S. The van der Waals surface area contributed by atoms with E-state index in [9.17, 15) is 8.42 Å². The maximum atomic E-state index is 12.9. The Morgan fingerprint density at radius 2 is 1.70 bits per heavy atom. The second-order valence-corrected chi connectivity index (χ2v) is 9.38. The molecule has 0 atom stereocenters. The fraction of sp³-hybridized carbons (Fsp3) is 0.286. The second kappa shape index (κ2) is 7.23. The molecule has 27 heavy (non-hydrogen) atoms. The average molecular weight is 401 g/mol. The molecule has 1 saturated heterocycles. The summed E-state index contributed by atoms with van der Waals surface area (Å²) in [5.41, 5.74) is 2.88. The largest absolute Gasteiger partial charge is 0.252 e. The number of para-hydroxylation sites is 1. The lowest BCUT2D eigenvalue weighted by Gasteiger charge is -2.31. The number of sulfonamides is 1. The highest BCUT2D eigenvalue weighted by atomic mass is 35.5. The molecule has 6 heteroatoms. The van der Waals surface area contributed by atoms with Gasteiger partial charge in [-0.25, -0.2) is 8.42 Å². The van der Waals surface area contributed by atoms with E-state index in [1.165, 1.54) is 0 Å². The zero-order valence-corrected chi connectivity index (χ0v) is 16.7. The summed E-state index contributed by atoms with van der Waals surface area (Å²) in [5, 5.41) is 1.65. The second-order valence-electron chi connectivity index (χ2n) is 7.04. The predicted octanol–water partition coefficient (Wildman–Crippen LogP) is 4.76. The molecule has 0 aliphatic carbocycles. The monoisotopic (exact) mass is 400 g/mol. The third-order valence-corrected chi connectivity index (χ3v) is 7.44. The Morgan fingerprint density at radius 3 is 2.41 bits per heavy atom. The van der Waals surface area contributed by atoms with Gasteiger partial charge in [-0.2, -0.15) is 4.31 Å². The van der Waals surface area contributed by atoms with E-state index >= 15 is 0 Å². The van der Waals surface area contributed by atoms with Crippen molar-refractivity contribution in [3.63, 3.8) is 0 Å². The number of hydrogen-bond acceptors (Lipinski definition) is 3. The lowest BCUT2D eigenvalue weighted by atomic mass is 9.93. The van der Waals surface area contributed by atoms with Crippen molar-refractivity contribution in [1.82, 2.24) is 9.29 Å². The van der Waals surface area contributed by atoms with Crippen LogP contribution in [0.5, 0.6) is 0 Å². The summed E-state index contributed by atoms with van der Waals surface area (Å²) in [5.74, 6) is 0.219. The van der Waals surface area contributed by atoms with Crippen LogP contribution in [0.25, 0.3) is 10.9 Å². The maximum Gasteiger partial charge on any atom is 0.243 e. The quantitative estimate of drug-likeness (QED) is 0.636. The third kappa shape index (κ3) is 3.59. The van der Waals surface area contributed by atoms with Gasteiger partial charge in [-0.1, -0.05) is 47.5 Å². The normalized spacial score (nSPS) is 16.7. The van der Waals surface area contributed by atoms with E-state index in [2.05, 4.69) is 0 Å². The SMILES string of the molecule is Cc1ccc(S(=O)(=O)N2CCC(c3cc(Cl)c4ccccc4n3)CC2)cc1. The minimum absolute atomic E-state index is 0.219. The number of piperidine rings is 1. The highest BCUT2D eigenvalue weighted by Crippen LogP contribution is 2.33. The van der Waals surface area contributed by atoms with Crippen molar-refractivity contribution >= 4 is 32.5 Å². The average Bonchev–Trinajstić information content (AvgIpc) is 2.68. The molecule has 140 valence electrons. The Balaban J connectivity index is 1.53. The molecule has 0 radical (unpaired) electrons. The molecule has 1 fully saturated rings. The van der Waals surface area contributed by atoms with Gasteiger partial charge in [0.1, 0.15) is 0 Å². The van der Waals surface area contributed by atoms with Crippen molar-refractivity contribution in [2.45, 2.75) is 30.6 Å². The first kappa shape index (κ1) is 18.4. The molecule has 2 heterocycles. The highest BCUT2D eigenvalue weighted by Gasteiger charge is 2.30. The van der Waals surface area contributed by atoms with Gasteiger partial charge in [0.15, 0.2) is 0 Å². The van der Waals surface area contributed by atoms with Gasteiger partial charge in [0.05, 0.1) is 15.4 Å². The van der Waals surface area contributed by atoms with Gasteiger partial charge in [-0.05, 0) is 44.0 Å². The molecule has 0 N–H and O–H groups in total. The Kier molecular flexibility index (Phi) is 4.93. The Morgan fingerprint density at radius 1 is 1.04 bits per heavy atom. The molecule has 1 aliphatic rings. The van der Waals surface area contributed by atoms with Gasteiger partial charge in [0.2, 0.25) is 10.0 Å². The number of fused-ring (bicyclic) bond motifs is 1.